The molecule has 0 aliphatic carbocycles. The van der Waals surface area contributed by atoms with E-state index < -0.39 is 0 Å². The minimum absolute atomic E-state index is 0.692. The molecule has 1 saturated heterocycles. The van der Waals surface area contributed by atoms with Crippen LogP contribution in [0, 0.1) is 13.8 Å². The Morgan fingerprint density at radius 1 is 1.24 bits per heavy atom. The molecule has 6 nitrogen and oxygen atoms in total. The van der Waals surface area contributed by atoms with Gasteiger partial charge < -0.3 is 15.1 Å². The maximum absolute atomic E-state index is 5.47. The number of nitrogens with zero attached hydrogens (tertiary/aromatic N) is 3. The average Bonchev–Trinajstić information content (AvgIpc) is 2.60. The van der Waals surface area contributed by atoms with Crippen molar-refractivity contribution in [2.45, 2.75) is 20.3 Å². The summed E-state index contributed by atoms with van der Waals surface area (Å²) in [6.07, 6.45) is 1.02. The summed E-state index contributed by atoms with van der Waals surface area (Å²) in [6.45, 7) is 7.24. The first-order valence-corrected chi connectivity index (χ1v) is 5.87. The highest BCUT2D eigenvalue weighted by molar-refractivity contribution is 5.58. The maximum Gasteiger partial charge on any atom is 0.148 e. The van der Waals surface area contributed by atoms with Crippen LogP contribution in [0.25, 0.3) is 0 Å². The van der Waals surface area contributed by atoms with Crippen molar-refractivity contribution in [1.29, 1.82) is 0 Å². The Balaban J connectivity index is 2.32. The van der Waals surface area contributed by atoms with Crippen LogP contribution in [0.15, 0.2) is 0 Å². The van der Waals surface area contributed by atoms with Gasteiger partial charge in [0.1, 0.15) is 17.5 Å². The molecule has 1 fully saturated rings. The van der Waals surface area contributed by atoms with E-state index in [9.17, 15) is 0 Å². The van der Waals surface area contributed by atoms with Gasteiger partial charge in [-0.25, -0.2) is 15.8 Å². The highest BCUT2D eigenvalue weighted by Crippen LogP contribution is 2.23. The number of aryl methyl sites for hydroxylation is 1. The number of nitrogens with two attached hydrogens (primary N) is 1. The van der Waals surface area contributed by atoms with Gasteiger partial charge in [-0.1, -0.05) is 0 Å². The predicted molar refractivity (Wildman–Crippen MR) is 67.0 cm³/mol. The van der Waals surface area contributed by atoms with Crippen molar-refractivity contribution in [2.24, 2.45) is 5.84 Å². The highest BCUT2D eigenvalue weighted by Gasteiger charge is 2.16. The molecule has 2 rings (SSSR count). The average molecular weight is 237 g/mol. The minimum atomic E-state index is 0.692. The van der Waals surface area contributed by atoms with Crippen molar-refractivity contribution in [3.05, 3.63) is 11.4 Å². The topological polar surface area (TPSA) is 76.3 Å². The van der Waals surface area contributed by atoms with Crippen molar-refractivity contribution >= 4 is 11.6 Å². The number of nitrogen functional groups attached to an aromatic ring is 1. The molecule has 2 heterocycles. The molecule has 0 amide bonds. The van der Waals surface area contributed by atoms with Gasteiger partial charge in [-0.3, -0.25) is 0 Å². The molecule has 0 spiro atoms. The lowest BCUT2D eigenvalue weighted by molar-refractivity contribution is 0.152. The number of anilines is 2. The lowest BCUT2D eigenvalue weighted by Crippen LogP contribution is -2.28. The van der Waals surface area contributed by atoms with Crippen LogP contribution in [0.4, 0.5) is 11.6 Å². The first-order valence-electron chi connectivity index (χ1n) is 5.87. The first kappa shape index (κ1) is 12.1. The van der Waals surface area contributed by atoms with E-state index in [0.717, 1.165) is 49.9 Å². The summed E-state index contributed by atoms with van der Waals surface area (Å²) in [5.41, 5.74) is 3.61. The molecule has 17 heavy (non-hydrogen) atoms. The largest absolute Gasteiger partial charge is 0.380 e. The molecule has 0 unspecified atom stereocenters. The molecule has 1 aliphatic heterocycles. The molecule has 0 atom stereocenters. The molecule has 1 aromatic heterocycles. The van der Waals surface area contributed by atoms with Gasteiger partial charge in [-0.05, 0) is 20.3 Å². The SMILES string of the molecule is Cc1nc(NN)c(C)c(N2CCCOCC2)n1. The summed E-state index contributed by atoms with van der Waals surface area (Å²) in [7, 11) is 0. The monoisotopic (exact) mass is 237 g/mol. The molecule has 0 aromatic carbocycles. The van der Waals surface area contributed by atoms with Crippen molar-refractivity contribution in [2.75, 3.05) is 36.6 Å². The third-order valence-corrected chi connectivity index (χ3v) is 2.89. The summed E-state index contributed by atoms with van der Waals surface area (Å²) < 4.78 is 5.45. The highest BCUT2D eigenvalue weighted by atomic mass is 16.5. The molecule has 6 heteroatoms. The third-order valence-electron chi connectivity index (χ3n) is 2.89. The zero-order chi connectivity index (χ0) is 12.3. The number of hydrogen-bond acceptors (Lipinski definition) is 6. The van der Waals surface area contributed by atoms with E-state index in [1.807, 2.05) is 13.8 Å². The van der Waals surface area contributed by atoms with E-state index in [1.165, 1.54) is 0 Å². The van der Waals surface area contributed by atoms with Gasteiger partial charge >= 0.3 is 0 Å². The number of aromatic nitrogens is 2. The smallest absolute Gasteiger partial charge is 0.148 e. The van der Waals surface area contributed by atoms with Crippen LogP contribution in [-0.2, 0) is 4.74 Å². The quantitative estimate of drug-likeness (QED) is 0.579. The van der Waals surface area contributed by atoms with Crippen LogP contribution in [-0.4, -0.2) is 36.3 Å². The summed E-state index contributed by atoms with van der Waals surface area (Å²) in [5, 5.41) is 0. The Morgan fingerprint density at radius 3 is 2.82 bits per heavy atom. The summed E-state index contributed by atoms with van der Waals surface area (Å²) in [6, 6.07) is 0. The fourth-order valence-corrected chi connectivity index (χ4v) is 2.02. The minimum Gasteiger partial charge on any atom is -0.380 e. The molecule has 3 N–H and O–H groups in total. The molecular formula is C11H19N5O. The van der Waals surface area contributed by atoms with Gasteiger partial charge in [0.05, 0.1) is 6.61 Å². The van der Waals surface area contributed by atoms with Crippen molar-refractivity contribution in [3.8, 4) is 0 Å². The molecular weight excluding hydrogens is 218 g/mol. The zero-order valence-corrected chi connectivity index (χ0v) is 10.4. The summed E-state index contributed by atoms with van der Waals surface area (Å²) in [5.74, 6) is 7.84. The van der Waals surface area contributed by atoms with E-state index >= 15 is 0 Å². The van der Waals surface area contributed by atoms with E-state index in [0.29, 0.717) is 5.82 Å². The Kier molecular flexibility index (Phi) is 3.75. The Morgan fingerprint density at radius 2 is 2.06 bits per heavy atom. The van der Waals surface area contributed by atoms with Crippen molar-refractivity contribution in [3.63, 3.8) is 0 Å². The van der Waals surface area contributed by atoms with Gasteiger partial charge in [-0.15, -0.1) is 0 Å². The second-order valence-electron chi connectivity index (χ2n) is 4.17. The maximum atomic E-state index is 5.47. The Labute approximate surface area is 101 Å². The molecule has 0 radical (unpaired) electrons. The van der Waals surface area contributed by atoms with Crippen molar-refractivity contribution in [1.82, 2.24) is 9.97 Å². The lowest BCUT2D eigenvalue weighted by atomic mass is 10.2. The van der Waals surface area contributed by atoms with E-state index in [2.05, 4.69) is 20.3 Å². The lowest BCUT2D eigenvalue weighted by Gasteiger charge is -2.23. The van der Waals surface area contributed by atoms with E-state index in [-0.39, 0.29) is 0 Å². The van der Waals surface area contributed by atoms with Gasteiger partial charge in [-0.2, -0.15) is 0 Å². The van der Waals surface area contributed by atoms with Crippen LogP contribution < -0.4 is 16.2 Å². The fourth-order valence-electron chi connectivity index (χ4n) is 2.02. The number of rotatable bonds is 2. The number of ether oxygens (including phenoxy) is 1. The number of hydrogen-bond donors (Lipinski definition) is 2. The molecule has 1 aliphatic rings. The van der Waals surface area contributed by atoms with Crippen LogP contribution in [0.2, 0.25) is 0 Å². The standard InChI is InChI=1S/C11H19N5O/c1-8-10(15-12)13-9(2)14-11(8)16-4-3-6-17-7-5-16/h3-7,12H2,1-2H3,(H,13,14,15). The van der Waals surface area contributed by atoms with E-state index in [4.69, 9.17) is 10.6 Å². The number of nitrogens with one attached hydrogen (secondary N) is 1. The van der Waals surface area contributed by atoms with Gasteiger partial charge in [0.2, 0.25) is 0 Å². The third kappa shape index (κ3) is 2.65. The van der Waals surface area contributed by atoms with Crippen LogP contribution in [0.5, 0.6) is 0 Å². The summed E-state index contributed by atoms with van der Waals surface area (Å²) in [4.78, 5) is 11.0. The second kappa shape index (κ2) is 5.29. The number of hydrazine groups is 1. The Hall–Kier alpha value is -1.40. The van der Waals surface area contributed by atoms with E-state index in [1.54, 1.807) is 0 Å². The molecule has 94 valence electrons. The van der Waals surface area contributed by atoms with Gasteiger partial charge in [0, 0.05) is 25.3 Å². The molecule has 0 bridgehead atoms. The molecule has 0 saturated carbocycles. The fraction of sp³-hybridized carbons (Fsp3) is 0.636. The predicted octanol–water partition coefficient (Wildman–Crippen LogP) is 0.606. The summed E-state index contributed by atoms with van der Waals surface area (Å²) >= 11 is 0. The van der Waals surface area contributed by atoms with Gasteiger partial charge in [0.15, 0.2) is 0 Å². The normalized spacial score (nSPS) is 16.8. The second-order valence-corrected chi connectivity index (χ2v) is 4.17. The first-order chi connectivity index (χ1) is 8.22. The zero-order valence-electron chi connectivity index (χ0n) is 10.4. The van der Waals surface area contributed by atoms with Crippen LogP contribution >= 0.6 is 0 Å². The Bertz CT molecular complexity index is 388. The van der Waals surface area contributed by atoms with Crippen LogP contribution in [0.1, 0.15) is 17.8 Å². The van der Waals surface area contributed by atoms with Crippen LogP contribution in [0.3, 0.4) is 0 Å². The van der Waals surface area contributed by atoms with Gasteiger partial charge in [0.25, 0.3) is 0 Å². The molecule has 1 aromatic rings. The van der Waals surface area contributed by atoms with Crippen molar-refractivity contribution < 1.29 is 4.74 Å².